The molecule has 0 spiro atoms. The number of aromatic nitrogens is 1. The summed E-state index contributed by atoms with van der Waals surface area (Å²) in [6, 6.07) is 34.3. The summed E-state index contributed by atoms with van der Waals surface area (Å²) in [4.78, 5) is 29.0. The lowest BCUT2D eigenvalue weighted by Crippen LogP contribution is -2.34. The van der Waals surface area contributed by atoms with Crippen molar-refractivity contribution in [2.75, 3.05) is 24.2 Å². The lowest BCUT2D eigenvalue weighted by molar-refractivity contribution is -0.245. The normalized spacial score (nSPS) is 17.3. The quantitative estimate of drug-likeness (QED) is 0.0905. The van der Waals surface area contributed by atoms with E-state index in [1.54, 1.807) is 25.1 Å². The van der Waals surface area contributed by atoms with Gasteiger partial charge < -0.3 is 34.4 Å². The molecule has 0 saturated carbocycles. The number of urea groups is 1. The van der Waals surface area contributed by atoms with E-state index in [-0.39, 0.29) is 32.0 Å². The molecule has 6 rings (SSSR count). The number of anilines is 1. The predicted molar refractivity (Wildman–Crippen MR) is 187 cm³/mol. The number of nitrogens with one attached hydrogen (secondary N) is 2. The van der Waals surface area contributed by atoms with Crippen LogP contribution in [-0.2, 0) is 25.6 Å². The summed E-state index contributed by atoms with van der Waals surface area (Å²) in [5, 5.41) is 15.3. The molecular weight excluding hydrogens is 642 g/mol. The van der Waals surface area contributed by atoms with E-state index in [4.69, 9.17) is 23.6 Å². The molecule has 0 aliphatic carbocycles. The second kappa shape index (κ2) is 16.4. The van der Waals surface area contributed by atoms with Gasteiger partial charge in [-0.2, -0.15) is 0 Å². The molecule has 1 saturated heterocycles. The average molecular weight is 680 g/mol. The number of aliphatic hydroxyl groups excluding tert-OH is 1. The minimum absolute atomic E-state index is 0.0456. The third-order valence-corrected chi connectivity index (χ3v) is 8.77. The van der Waals surface area contributed by atoms with Gasteiger partial charge in [-0.15, -0.1) is 0 Å². The Hall–Kier alpha value is -4.94. The molecule has 3 atom stereocenters. The number of thioether (sulfide) groups is 1. The Bertz CT molecular complexity index is 1780. The number of carbonyl (C=O) groups is 2. The molecule has 0 radical (unpaired) electrons. The first kappa shape index (κ1) is 33.9. The summed E-state index contributed by atoms with van der Waals surface area (Å²) >= 11 is 1.48. The third kappa shape index (κ3) is 8.95. The minimum Gasteiger partial charge on any atom is -0.465 e. The van der Waals surface area contributed by atoms with Crippen LogP contribution in [0.4, 0.5) is 10.5 Å². The topological polar surface area (TPSA) is 132 Å². The van der Waals surface area contributed by atoms with Gasteiger partial charge in [-0.05, 0) is 30.2 Å². The smallest absolute Gasteiger partial charge is 0.325 e. The third-order valence-electron chi connectivity index (χ3n) is 7.81. The predicted octanol–water partition coefficient (Wildman–Crippen LogP) is 7.52. The number of ether oxygens (including phenoxy) is 3. The van der Waals surface area contributed by atoms with Crippen molar-refractivity contribution in [2.45, 2.75) is 43.7 Å². The summed E-state index contributed by atoms with van der Waals surface area (Å²) in [6.45, 7) is 1.65. The highest BCUT2D eigenvalue weighted by Gasteiger charge is 2.33. The van der Waals surface area contributed by atoms with Crippen molar-refractivity contribution in [2.24, 2.45) is 0 Å². The van der Waals surface area contributed by atoms with Crippen LogP contribution in [-0.4, -0.2) is 47.1 Å². The molecule has 5 aromatic rings. The number of amides is 2. The van der Waals surface area contributed by atoms with Crippen LogP contribution in [0.15, 0.2) is 119 Å². The van der Waals surface area contributed by atoms with Gasteiger partial charge in [-0.3, -0.25) is 4.79 Å². The number of benzene rings is 4. The Morgan fingerprint density at radius 3 is 2.35 bits per heavy atom. The number of rotatable bonds is 12. The summed E-state index contributed by atoms with van der Waals surface area (Å²) in [6.07, 6.45) is -0.710. The highest BCUT2D eigenvalue weighted by molar-refractivity contribution is 7.99. The van der Waals surface area contributed by atoms with Crippen LogP contribution in [0, 0.1) is 0 Å². The monoisotopic (exact) mass is 679 g/mol. The van der Waals surface area contributed by atoms with Crippen LogP contribution in [0.25, 0.3) is 22.6 Å². The van der Waals surface area contributed by atoms with E-state index in [2.05, 4.69) is 10.6 Å². The Kier molecular flexibility index (Phi) is 11.4. The van der Waals surface area contributed by atoms with Gasteiger partial charge in [-0.25, -0.2) is 9.78 Å². The Labute approximate surface area is 288 Å². The van der Waals surface area contributed by atoms with Crippen LogP contribution in [0.1, 0.15) is 42.4 Å². The van der Waals surface area contributed by atoms with Gasteiger partial charge in [0.25, 0.3) is 5.22 Å². The van der Waals surface area contributed by atoms with Gasteiger partial charge in [-0.1, -0.05) is 109 Å². The molecule has 1 fully saturated rings. The average Bonchev–Trinajstić information content (AvgIpc) is 3.58. The first-order valence-corrected chi connectivity index (χ1v) is 17.0. The minimum atomic E-state index is -0.740. The summed E-state index contributed by atoms with van der Waals surface area (Å²) < 4.78 is 24.2. The van der Waals surface area contributed by atoms with Crippen molar-refractivity contribution in [1.29, 1.82) is 0 Å². The fourth-order valence-corrected chi connectivity index (χ4v) is 6.27. The summed E-state index contributed by atoms with van der Waals surface area (Å²) in [7, 11) is 0. The number of hydrogen-bond acceptors (Lipinski definition) is 9. The van der Waals surface area contributed by atoms with Crippen LogP contribution in [0.5, 0.6) is 0 Å². The molecule has 1 aromatic heterocycles. The second-order valence-corrected chi connectivity index (χ2v) is 12.3. The van der Waals surface area contributed by atoms with Gasteiger partial charge in [0.2, 0.25) is 0 Å². The van der Waals surface area contributed by atoms with E-state index in [0.717, 1.165) is 27.9 Å². The SMILES string of the molecule is CCOC(=O)CNC(=O)Nc1cccc([C@@H]2O[C@H](CSc3nc(-c4ccccc4)c(-c4ccccc4)o3)C[C@H](c3ccc(CO)cc3)O2)c1. The maximum atomic E-state index is 12.4. The van der Waals surface area contributed by atoms with Crippen LogP contribution < -0.4 is 10.6 Å². The fraction of sp³-hybridized carbons (Fsp3) is 0.237. The molecule has 0 bridgehead atoms. The zero-order chi connectivity index (χ0) is 34.0. The molecule has 252 valence electrons. The van der Waals surface area contributed by atoms with E-state index >= 15 is 0 Å². The molecule has 2 amide bonds. The van der Waals surface area contributed by atoms with Crippen molar-refractivity contribution in [3.05, 3.63) is 126 Å². The molecule has 3 N–H and O–H groups in total. The highest BCUT2D eigenvalue weighted by Crippen LogP contribution is 2.41. The van der Waals surface area contributed by atoms with E-state index in [0.29, 0.717) is 34.4 Å². The van der Waals surface area contributed by atoms with Crippen molar-refractivity contribution in [3.8, 4) is 22.6 Å². The molecule has 2 heterocycles. The maximum absolute atomic E-state index is 12.4. The molecule has 10 nitrogen and oxygen atoms in total. The molecule has 11 heteroatoms. The van der Waals surface area contributed by atoms with Crippen molar-refractivity contribution in [1.82, 2.24) is 10.3 Å². The first-order chi connectivity index (χ1) is 24.0. The van der Waals surface area contributed by atoms with E-state index in [1.165, 1.54) is 11.8 Å². The Morgan fingerprint density at radius 2 is 1.63 bits per heavy atom. The van der Waals surface area contributed by atoms with E-state index < -0.39 is 18.3 Å². The van der Waals surface area contributed by atoms with Crippen molar-refractivity contribution >= 4 is 29.4 Å². The van der Waals surface area contributed by atoms with E-state index in [1.807, 2.05) is 91.0 Å². The molecule has 49 heavy (non-hydrogen) atoms. The van der Waals surface area contributed by atoms with Crippen LogP contribution in [0.3, 0.4) is 0 Å². The lowest BCUT2D eigenvalue weighted by Gasteiger charge is -2.36. The van der Waals surface area contributed by atoms with Crippen LogP contribution in [0.2, 0.25) is 0 Å². The zero-order valence-corrected chi connectivity index (χ0v) is 27.7. The van der Waals surface area contributed by atoms with Gasteiger partial charge in [0.1, 0.15) is 12.2 Å². The number of carbonyl (C=O) groups excluding carboxylic acids is 2. The standard InChI is InChI=1S/C38H37N3O7S/c1-2-45-33(43)22-39-37(44)40-30-15-9-14-29(20-30)36-46-31(21-32(47-36)26-18-16-25(23-42)17-19-26)24-49-38-41-34(27-10-5-3-6-11-27)35(48-38)28-12-7-4-8-13-28/h3-20,31-32,36,42H,2,21-24H2,1H3,(H2,39,40,44)/t31-,32+,36+/m0/s1. The van der Waals surface area contributed by atoms with Gasteiger partial charge in [0.05, 0.1) is 25.4 Å². The molecular formula is C38H37N3O7S. The number of hydrogen-bond donors (Lipinski definition) is 3. The van der Waals surface area contributed by atoms with Crippen molar-refractivity contribution in [3.63, 3.8) is 0 Å². The second-order valence-electron chi connectivity index (χ2n) is 11.3. The largest absolute Gasteiger partial charge is 0.465 e. The Morgan fingerprint density at radius 1 is 0.898 bits per heavy atom. The summed E-state index contributed by atoms with van der Waals surface area (Å²) in [5.74, 6) is 0.731. The van der Waals surface area contributed by atoms with E-state index in [9.17, 15) is 14.7 Å². The van der Waals surface area contributed by atoms with Gasteiger partial charge in [0.15, 0.2) is 12.1 Å². The number of oxazole rings is 1. The van der Waals surface area contributed by atoms with Gasteiger partial charge in [0, 0.05) is 34.6 Å². The molecule has 1 aliphatic rings. The fourth-order valence-electron chi connectivity index (χ4n) is 5.43. The zero-order valence-electron chi connectivity index (χ0n) is 26.9. The van der Waals surface area contributed by atoms with Crippen molar-refractivity contribution < 1.29 is 33.3 Å². The molecule has 1 aliphatic heterocycles. The number of esters is 1. The highest BCUT2D eigenvalue weighted by atomic mass is 32.2. The molecule has 0 unspecified atom stereocenters. The number of aliphatic hydroxyl groups is 1. The Balaban J connectivity index is 1.21. The molecule has 4 aromatic carbocycles. The van der Waals surface area contributed by atoms with Crippen LogP contribution >= 0.6 is 11.8 Å². The lowest BCUT2D eigenvalue weighted by atomic mass is 10.0. The first-order valence-electron chi connectivity index (χ1n) is 16.0. The summed E-state index contributed by atoms with van der Waals surface area (Å²) in [5.41, 5.74) is 5.68. The number of nitrogens with zero attached hydrogens (tertiary/aromatic N) is 1. The maximum Gasteiger partial charge on any atom is 0.325 e. The van der Waals surface area contributed by atoms with Gasteiger partial charge >= 0.3 is 12.0 Å².